The van der Waals surface area contributed by atoms with Crippen LogP contribution in [-0.2, 0) is 20.8 Å². The lowest BCUT2D eigenvalue weighted by Gasteiger charge is -2.34. The molecular formula is C24H25NO6. The van der Waals surface area contributed by atoms with Gasteiger partial charge in [0.2, 0.25) is 0 Å². The van der Waals surface area contributed by atoms with Crippen LogP contribution in [0.25, 0.3) is 0 Å². The monoisotopic (exact) mass is 423 g/mol. The highest BCUT2D eigenvalue weighted by atomic mass is 16.8. The number of ether oxygens (including phenoxy) is 4. The Balaban J connectivity index is 1.31. The number of fused-ring (bicyclic) bond motifs is 3. The van der Waals surface area contributed by atoms with Gasteiger partial charge in [-0.25, -0.2) is 9.69 Å². The van der Waals surface area contributed by atoms with Crippen LogP contribution in [0.3, 0.4) is 0 Å². The molecule has 2 aromatic carbocycles. The minimum Gasteiger partial charge on any atom is -0.489 e. The van der Waals surface area contributed by atoms with Crippen LogP contribution < -0.4 is 4.74 Å². The second kappa shape index (κ2) is 7.66. The molecule has 0 aromatic heterocycles. The van der Waals surface area contributed by atoms with Gasteiger partial charge in [-0.2, -0.15) is 0 Å². The largest absolute Gasteiger partial charge is 0.489 e. The molecule has 7 heteroatoms. The summed E-state index contributed by atoms with van der Waals surface area (Å²) in [5, 5.41) is 0. The van der Waals surface area contributed by atoms with Crippen molar-refractivity contribution in [3.05, 3.63) is 65.7 Å². The number of carbonyl (C=O) groups excluding carboxylic acids is 2. The van der Waals surface area contributed by atoms with Crippen molar-refractivity contribution in [2.45, 2.75) is 63.4 Å². The zero-order chi connectivity index (χ0) is 21.6. The van der Waals surface area contributed by atoms with E-state index < -0.39 is 29.9 Å². The molecule has 4 atom stereocenters. The molecule has 3 fully saturated rings. The first-order valence-electron chi connectivity index (χ1n) is 10.6. The van der Waals surface area contributed by atoms with Gasteiger partial charge in [0.25, 0.3) is 5.91 Å². The Morgan fingerprint density at radius 1 is 1.03 bits per heavy atom. The summed E-state index contributed by atoms with van der Waals surface area (Å²) < 4.78 is 23.3. The van der Waals surface area contributed by atoms with Gasteiger partial charge >= 0.3 is 6.09 Å². The minimum absolute atomic E-state index is 0.158. The number of benzene rings is 2. The Morgan fingerprint density at radius 2 is 1.74 bits per heavy atom. The minimum atomic E-state index is -0.748. The van der Waals surface area contributed by atoms with Crippen LogP contribution in [0.15, 0.2) is 54.6 Å². The van der Waals surface area contributed by atoms with E-state index in [2.05, 4.69) is 0 Å². The molecule has 0 radical (unpaired) electrons. The molecule has 0 spiro atoms. The standard InChI is InChI=1S/C24H25NO6/c1-24(2)30-19-13-12-18-20(21(19)31-24)25(23(27)29-18)22(26)16-8-10-17(11-9-16)28-14-15-6-4-3-5-7-15/h3-11,18-21H,12-14H2,1-2H3/t18-,19-,20+,21-/m1/s1. The van der Waals surface area contributed by atoms with Crippen molar-refractivity contribution >= 4 is 12.0 Å². The first-order chi connectivity index (χ1) is 14.9. The smallest absolute Gasteiger partial charge is 0.417 e. The number of carbonyl (C=O) groups is 2. The Bertz CT molecular complexity index is 973. The predicted molar refractivity (Wildman–Crippen MR) is 111 cm³/mol. The fourth-order valence-corrected chi connectivity index (χ4v) is 4.63. The molecule has 5 rings (SSSR count). The maximum Gasteiger partial charge on any atom is 0.417 e. The highest BCUT2D eigenvalue weighted by Gasteiger charge is 2.59. The van der Waals surface area contributed by atoms with Crippen LogP contribution in [0, 0.1) is 0 Å². The summed E-state index contributed by atoms with van der Waals surface area (Å²) in [7, 11) is 0. The van der Waals surface area contributed by atoms with Crippen molar-refractivity contribution in [2.24, 2.45) is 0 Å². The molecule has 2 heterocycles. The molecule has 1 aliphatic carbocycles. The summed E-state index contributed by atoms with van der Waals surface area (Å²) in [4.78, 5) is 27.0. The van der Waals surface area contributed by atoms with Crippen molar-refractivity contribution in [3.8, 4) is 5.75 Å². The van der Waals surface area contributed by atoms with E-state index >= 15 is 0 Å². The molecule has 0 unspecified atom stereocenters. The van der Waals surface area contributed by atoms with Crippen LogP contribution in [0.4, 0.5) is 4.79 Å². The lowest BCUT2D eigenvalue weighted by atomic mass is 9.87. The highest BCUT2D eigenvalue weighted by Crippen LogP contribution is 2.42. The Hall–Kier alpha value is -2.90. The quantitative estimate of drug-likeness (QED) is 0.742. The van der Waals surface area contributed by atoms with Gasteiger partial charge in [0, 0.05) is 5.56 Å². The van der Waals surface area contributed by atoms with Crippen molar-refractivity contribution < 1.29 is 28.5 Å². The van der Waals surface area contributed by atoms with Gasteiger partial charge in [0.15, 0.2) is 5.79 Å². The predicted octanol–water partition coefficient (Wildman–Crippen LogP) is 3.91. The lowest BCUT2D eigenvalue weighted by molar-refractivity contribution is -0.148. The molecule has 0 N–H and O–H groups in total. The van der Waals surface area contributed by atoms with Gasteiger partial charge in [-0.05, 0) is 56.5 Å². The van der Waals surface area contributed by atoms with Crippen LogP contribution in [0.2, 0.25) is 0 Å². The molecule has 7 nitrogen and oxygen atoms in total. The third-order valence-electron chi connectivity index (χ3n) is 5.99. The van der Waals surface area contributed by atoms with E-state index in [1.165, 1.54) is 4.90 Å². The lowest BCUT2D eigenvalue weighted by Crippen LogP contribution is -2.54. The van der Waals surface area contributed by atoms with Crippen molar-refractivity contribution in [2.75, 3.05) is 0 Å². The summed E-state index contributed by atoms with van der Waals surface area (Å²) in [6, 6.07) is 16.2. The van der Waals surface area contributed by atoms with Gasteiger partial charge in [-0.3, -0.25) is 4.79 Å². The first kappa shape index (κ1) is 20.0. The average Bonchev–Trinajstić information content (AvgIpc) is 3.27. The van der Waals surface area contributed by atoms with Crippen LogP contribution in [-0.4, -0.2) is 47.0 Å². The number of rotatable bonds is 4. The maximum atomic E-state index is 13.2. The van der Waals surface area contributed by atoms with Gasteiger partial charge in [0.05, 0.1) is 6.10 Å². The summed E-state index contributed by atoms with van der Waals surface area (Å²) in [5.74, 6) is -0.502. The van der Waals surface area contributed by atoms with Gasteiger partial charge < -0.3 is 18.9 Å². The van der Waals surface area contributed by atoms with E-state index in [9.17, 15) is 9.59 Å². The number of hydrogen-bond donors (Lipinski definition) is 0. The first-order valence-corrected chi connectivity index (χ1v) is 10.6. The molecule has 2 aliphatic heterocycles. The van der Waals surface area contributed by atoms with Crippen molar-refractivity contribution in [1.82, 2.24) is 4.90 Å². The Kier molecular flexibility index (Phi) is 4.95. The molecule has 1 saturated carbocycles. The summed E-state index contributed by atoms with van der Waals surface area (Å²) >= 11 is 0. The van der Waals surface area contributed by atoms with E-state index in [4.69, 9.17) is 18.9 Å². The summed E-state index contributed by atoms with van der Waals surface area (Å²) in [6.45, 7) is 4.13. The molecule has 31 heavy (non-hydrogen) atoms. The molecule has 2 aromatic rings. The summed E-state index contributed by atoms with van der Waals surface area (Å²) in [5.41, 5.74) is 1.45. The topological polar surface area (TPSA) is 74.3 Å². The van der Waals surface area contributed by atoms with Crippen LogP contribution in [0.1, 0.15) is 42.6 Å². The van der Waals surface area contributed by atoms with E-state index in [0.29, 0.717) is 24.3 Å². The van der Waals surface area contributed by atoms with Gasteiger partial charge in [-0.1, -0.05) is 30.3 Å². The van der Waals surface area contributed by atoms with Crippen molar-refractivity contribution in [1.29, 1.82) is 0 Å². The molecule has 162 valence electrons. The van der Waals surface area contributed by atoms with E-state index in [1.807, 2.05) is 44.2 Å². The zero-order valence-corrected chi connectivity index (χ0v) is 17.5. The van der Waals surface area contributed by atoms with Gasteiger partial charge in [-0.15, -0.1) is 0 Å². The number of hydrogen-bond acceptors (Lipinski definition) is 6. The van der Waals surface area contributed by atoms with E-state index in [0.717, 1.165) is 12.0 Å². The maximum absolute atomic E-state index is 13.2. The van der Waals surface area contributed by atoms with Crippen LogP contribution >= 0.6 is 0 Å². The van der Waals surface area contributed by atoms with E-state index in [-0.39, 0.29) is 12.2 Å². The third-order valence-corrected chi connectivity index (χ3v) is 5.99. The molecule has 2 amide bonds. The fraction of sp³-hybridized carbons (Fsp3) is 0.417. The molecule has 2 saturated heterocycles. The van der Waals surface area contributed by atoms with Crippen molar-refractivity contribution in [3.63, 3.8) is 0 Å². The number of imide groups is 1. The SMILES string of the molecule is CC1(C)O[C@H]2[C@@H]3[C@@H](CC[C@H]2O1)OC(=O)N3C(=O)c1ccc(OCc2ccccc2)cc1. The molecular weight excluding hydrogens is 398 g/mol. The molecule has 3 aliphatic rings. The number of amides is 2. The highest BCUT2D eigenvalue weighted by molar-refractivity contribution is 6.04. The molecule has 0 bridgehead atoms. The Labute approximate surface area is 180 Å². The second-order valence-corrected chi connectivity index (χ2v) is 8.60. The van der Waals surface area contributed by atoms with E-state index in [1.54, 1.807) is 24.3 Å². The van der Waals surface area contributed by atoms with Crippen LogP contribution in [0.5, 0.6) is 5.75 Å². The summed E-state index contributed by atoms with van der Waals surface area (Å²) in [6.07, 6.45) is -0.167. The average molecular weight is 423 g/mol. The number of nitrogens with zero attached hydrogens (tertiary/aromatic N) is 1. The Morgan fingerprint density at radius 3 is 2.48 bits per heavy atom. The zero-order valence-electron chi connectivity index (χ0n) is 17.5. The second-order valence-electron chi connectivity index (χ2n) is 8.60. The fourth-order valence-electron chi connectivity index (χ4n) is 4.63. The normalized spacial score (nSPS) is 28.6. The third kappa shape index (κ3) is 3.79. The van der Waals surface area contributed by atoms with Gasteiger partial charge in [0.1, 0.15) is 30.6 Å².